The lowest BCUT2D eigenvalue weighted by Gasteiger charge is -1.98. The van der Waals surface area contributed by atoms with Crippen LogP contribution in [0.15, 0.2) is 30.3 Å². The zero-order valence-corrected chi connectivity index (χ0v) is 7.26. The van der Waals surface area contributed by atoms with Gasteiger partial charge in [0.15, 0.2) is 0 Å². The third-order valence-electron chi connectivity index (χ3n) is 1.26. The van der Waals surface area contributed by atoms with Crippen LogP contribution in [0.1, 0.15) is 10.7 Å². The Kier molecular flexibility index (Phi) is 3.01. The Morgan fingerprint density at radius 1 is 1.36 bits per heavy atom. The molecule has 58 valence electrons. The highest BCUT2D eigenvalue weighted by Gasteiger charge is 2.19. The molecule has 0 N–H and O–H groups in total. The van der Waals surface area contributed by atoms with Crippen molar-refractivity contribution in [1.82, 2.24) is 0 Å². The van der Waals surface area contributed by atoms with Gasteiger partial charge in [0, 0.05) is 5.56 Å². The van der Waals surface area contributed by atoms with Crippen molar-refractivity contribution in [3.05, 3.63) is 35.9 Å². The van der Waals surface area contributed by atoms with Gasteiger partial charge in [-0.3, -0.25) is 0 Å². The molecule has 0 aliphatic heterocycles. The monoisotopic (exact) mass is 188 g/mol. The van der Waals surface area contributed by atoms with Crippen LogP contribution in [0.25, 0.3) is 0 Å². The van der Waals surface area contributed by atoms with E-state index in [1.54, 1.807) is 24.3 Å². The topological polar surface area (TPSA) is 40.1 Å². The fraction of sp³-hybridized carbons (Fsp3) is 0.143. The highest BCUT2D eigenvalue weighted by Crippen LogP contribution is 2.37. The Balaban J connectivity index is 2.85. The average Bonchev–Trinajstić information content (AvgIpc) is 2.05. The lowest BCUT2D eigenvalue weighted by Crippen LogP contribution is -1.93. The fourth-order valence-electron chi connectivity index (χ4n) is 0.734. The maximum absolute atomic E-state index is 10.4. The average molecular weight is 189 g/mol. The van der Waals surface area contributed by atoms with Gasteiger partial charge < -0.3 is 4.89 Å². The Bertz CT molecular complexity index is 250. The van der Waals surface area contributed by atoms with Gasteiger partial charge >= 0.3 is 8.03 Å². The van der Waals surface area contributed by atoms with Gasteiger partial charge in [-0.1, -0.05) is 46.5 Å². The van der Waals surface area contributed by atoms with Crippen LogP contribution in [0.2, 0.25) is 0 Å². The summed E-state index contributed by atoms with van der Waals surface area (Å²) in [7, 11) is -2.57. The SMILES string of the molecule is O=[P+]([O-])C(Cl)c1ccccc1. The van der Waals surface area contributed by atoms with Crippen LogP contribution in [0.4, 0.5) is 0 Å². The van der Waals surface area contributed by atoms with Crippen LogP contribution in [-0.4, -0.2) is 0 Å². The second-order valence-corrected chi connectivity index (χ2v) is 3.86. The maximum atomic E-state index is 10.4. The number of halogens is 1. The normalized spacial score (nSPS) is 14.2. The zero-order chi connectivity index (χ0) is 8.27. The molecule has 0 aliphatic carbocycles. The van der Waals surface area contributed by atoms with Crippen LogP contribution in [0.3, 0.4) is 0 Å². The summed E-state index contributed by atoms with van der Waals surface area (Å²) in [6, 6.07) is 8.68. The lowest BCUT2D eigenvalue weighted by atomic mass is 10.2. The number of hydrogen-bond acceptors (Lipinski definition) is 2. The van der Waals surface area contributed by atoms with Crippen molar-refractivity contribution in [1.29, 1.82) is 0 Å². The number of benzene rings is 1. The van der Waals surface area contributed by atoms with E-state index in [4.69, 9.17) is 11.6 Å². The maximum Gasteiger partial charge on any atom is 0.333 e. The van der Waals surface area contributed by atoms with Crippen molar-refractivity contribution in [2.75, 3.05) is 0 Å². The van der Waals surface area contributed by atoms with Crippen molar-refractivity contribution >= 4 is 19.6 Å². The van der Waals surface area contributed by atoms with Crippen LogP contribution in [-0.2, 0) is 4.57 Å². The molecule has 2 nitrogen and oxygen atoms in total. The molecule has 1 rings (SSSR count). The fourth-order valence-corrected chi connectivity index (χ4v) is 1.29. The molecule has 11 heavy (non-hydrogen) atoms. The van der Waals surface area contributed by atoms with Gasteiger partial charge in [-0.05, 0) is 0 Å². The van der Waals surface area contributed by atoms with Gasteiger partial charge in [-0.2, -0.15) is 0 Å². The van der Waals surface area contributed by atoms with Gasteiger partial charge in [-0.25, -0.2) is 0 Å². The predicted octanol–water partition coefficient (Wildman–Crippen LogP) is 2.03. The van der Waals surface area contributed by atoms with Gasteiger partial charge in [0.1, 0.15) is 0 Å². The van der Waals surface area contributed by atoms with E-state index in [0.717, 1.165) is 0 Å². The standard InChI is InChI=1S/C7H6ClO2P/c8-7(11(9)10)6-4-2-1-3-5-6/h1-5,7H. The molecule has 0 radical (unpaired) electrons. The summed E-state index contributed by atoms with van der Waals surface area (Å²) >= 11 is 5.54. The van der Waals surface area contributed by atoms with Crippen LogP contribution >= 0.6 is 19.6 Å². The van der Waals surface area contributed by atoms with Crippen molar-refractivity contribution < 1.29 is 9.46 Å². The predicted molar refractivity (Wildman–Crippen MR) is 42.6 cm³/mol. The number of hydrogen-bond donors (Lipinski definition) is 0. The Hall–Kier alpha value is -0.430. The second-order valence-electron chi connectivity index (χ2n) is 2.03. The summed E-state index contributed by atoms with van der Waals surface area (Å²) in [6.45, 7) is 0. The first-order chi connectivity index (χ1) is 5.22. The summed E-state index contributed by atoms with van der Waals surface area (Å²) in [4.78, 5) is 10.4. The first-order valence-corrected chi connectivity index (χ1v) is 4.72. The molecule has 1 aromatic carbocycles. The van der Waals surface area contributed by atoms with E-state index >= 15 is 0 Å². The van der Waals surface area contributed by atoms with Crippen LogP contribution < -0.4 is 4.89 Å². The van der Waals surface area contributed by atoms with Crippen molar-refractivity contribution in [2.45, 2.75) is 5.12 Å². The third kappa shape index (κ3) is 2.26. The van der Waals surface area contributed by atoms with E-state index in [2.05, 4.69) is 0 Å². The first-order valence-electron chi connectivity index (χ1n) is 3.04. The minimum atomic E-state index is -2.57. The van der Waals surface area contributed by atoms with Gasteiger partial charge in [0.25, 0.3) is 5.12 Å². The molecule has 0 fully saturated rings. The van der Waals surface area contributed by atoms with Crippen LogP contribution in [0, 0.1) is 0 Å². The molecule has 0 saturated carbocycles. The number of alkyl halides is 1. The molecule has 4 heteroatoms. The molecule has 0 bridgehead atoms. The summed E-state index contributed by atoms with van der Waals surface area (Å²) in [5.41, 5.74) is 0.616. The van der Waals surface area contributed by atoms with Gasteiger partial charge in [-0.15, -0.1) is 0 Å². The van der Waals surface area contributed by atoms with Crippen LogP contribution in [0.5, 0.6) is 0 Å². The van der Waals surface area contributed by atoms with E-state index in [1.807, 2.05) is 6.07 Å². The van der Waals surface area contributed by atoms with Crippen molar-refractivity contribution in [3.8, 4) is 0 Å². The lowest BCUT2D eigenvalue weighted by molar-refractivity contribution is -0.165. The Labute approximate surface area is 70.7 Å². The number of rotatable bonds is 2. The molecule has 0 saturated heterocycles. The molecule has 1 aromatic rings. The first kappa shape index (κ1) is 8.66. The molecule has 0 spiro atoms. The highest BCUT2D eigenvalue weighted by molar-refractivity contribution is 7.39. The van der Waals surface area contributed by atoms with E-state index in [-0.39, 0.29) is 0 Å². The van der Waals surface area contributed by atoms with E-state index in [1.165, 1.54) is 0 Å². The van der Waals surface area contributed by atoms with E-state index < -0.39 is 13.1 Å². The molecular formula is C7H6ClO2P. The largest absolute Gasteiger partial charge is 0.594 e. The molecule has 0 aromatic heterocycles. The summed E-state index contributed by atoms with van der Waals surface area (Å²) in [5, 5.41) is -0.897. The molecule has 0 heterocycles. The quantitative estimate of drug-likeness (QED) is 0.526. The zero-order valence-electron chi connectivity index (χ0n) is 5.61. The summed E-state index contributed by atoms with van der Waals surface area (Å²) < 4.78 is 10.4. The summed E-state index contributed by atoms with van der Waals surface area (Å²) in [5.74, 6) is 0. The van der Waals surface area contributed by atoms with Crippen molar-refractivity contribution in [2.24, 2.45) is 0 Å². The van der Waals surface area contributed by atoms with E-state index in [9.17, 15) is 9.46 Å². The molecule has 2 unspecified atom stereocenters. The minimum absolute atomic E-state index is 0.616. The Morgan fingerprint density at radius 2 is 1.91 bits per heavy atom. The molecule has 2 atom stereocenters. The van der Waals surface area contributed by atoms with E-state index in [0.29, 0.717) is 5.56 Å². The summed E-state index contributed by atoms with van der Waals surface area (Å²) in [6.07, 6.45) is 0. The smallest absolute Gasteiger partial charge is 0.333 e. The van der Waals surface area contributed by atoms with Gasteiger partial charge in [0.2, 0.25) is 0 Å². The Morgan fingerprint density at radius 3 is 2.36 bits per heavy atom. The van der Waals surface area contributed by atoms with Gasteiger partial charge in [0.05, 0.1) is 0 Å². The third-order valence-corrected chi connectivity index (χ3v) is 2.66. The van der Waals surface area contributed by atoms with Crippen molar-refractivity contribution in [3.63, 3.8) is 0 Å². The molecule has 0 aliphatic rings. The second kappa shape index (κ2) is 3.82. The highest BCUT2D eigenvalue weighted by atomic mass is 35.5. The molecular weight excluding hydrogens is 183 g/mol. The molecule has 0 amide bonds. The minimum Gasteiger partial charge on any atom is -0.594 e.